The summed E-state index contributed by atoms with van der Waals surface area (Å²) >= 11 is 4.59. The van der Waals surface area contributed by atoms with Crippen LogP contribution in [0.3, 0.4) is 0 Å². The maximum absolute atomic E-state index is 12.0. The second kappa shape index (κ2) is 6.37. The molecule has 0 radical (unpaired) electrons. The minimum atomic E-state index is -0.223. The summed E-state index contributed by atoms with van der Waals surface area (Å²) in [5.41, 5.74) is 1.35. The summed E-state index contributed by atoms with van der Waals surface area (Å²) in [5.74, 6) is -0.100. The molecule has 0 atom stereocenters. The number of benzene rings is 2. The summed E-state index contributed by atoms with van der Waals surface area (Å²) in [6.45, 7) is 0. The Morgan fingerprint density at radius 3 is 2.73 bits per heavy atom. The van der Waals surface area contributed by atoms with Crippen LogP contribution in [0, 0.1) is 0 Å². The van der Waals surface area contributed by atoms with E-state index in [2.05, 4.69) is 26.2 Å². The second-order valence-corrected chi connectivity index (χ2v) is 6.47. The lowest BCUT2D eigenvalue weighted by atomic mass is 10.2. The van der Waals surface area contributed by atoms with Gasteiger partial charge in [-0.1, -0.05) is 34.1 Å². The zero-order valence-electron chi connectivity index (χ0n) is 11.3. The maximum atomic E-state index is 12.0. The summed E-state index contributed by atoms with van der Waals surface area (Å²) in [7, 11) is 0. The summed E-state index contributed by atoms with van der Waals surface area (Å²) in [6, 6.07) is 14.5. The van der Waals surface area contributed by atoms with Crippen molar-refractivity contribution in [1.82, 2.24) is 5.32 Å². The summed E-state index contributed by atoms with van der Waals surface area (Å²) in [4.78, 5) is 16.9. The topological polar surface area (TPSA) is 61.7 Å². The van der Waals surface area contributed by atoms with Gasteiger partial charge < -0.3 is 10.4 Å². The predicted octanol–water partition coefficient (Wildman–Crippen LogP) is 4.05. The van der Waals surface area contributed by atoms with Crippen LogP contribution in [-0.4, -0.2) is 16.2 Å². The molecular formula is C16H11BrN2O2S. The Morgan fingerprint density at radius 2 is 1.95 bits per heavy atom. The highest BCUT2D eigenvalue weighted by molar-refractivity contribution is 9.10. The number of aromatic hydroxyl groups is 1. The third kappa shape index (κ3) is 3.40. The molecule has 0 aromatic heterocycles. The molecule has 22 heavy (non-hydrogen) atoms. The van der Waals surface area contributed by atoms with Crippen LogP contribution in [0.15, 0.2) is 62.9 Å². The Labute approximate surface area is 140 Å². The minimum Gasteiger partial charge on any atom is -0.507 e. The lowest BCUT2D eigenvalue weighted by Crippen LogP contribution is -2.19. The van der Waals surface area contributed by atoms with Gasteiger partial charge in [0.05, 0.1) is 10.6 Å². The van der Waals surface area contributed by atoms with Crippen molar-refractivity contribution in [2.45, 2.75) is 0 Å². The van der Waals surface area contributed by atoms with Crippen LogP contribution in [0.25, 0.3) is 6.08 Å². The number of thioether (sulfide) groups is 1. The van der Waals surface area contributed by atoms with E-state index in [1.807, 2.05) is 30.3 Å². The number of hydrogen-bond acceptors (Lipinski definition) is 4. The number of aliphatic imine (C=N–C) groups is 1. The van der Waals surface area contributed by atoms with E-state index in [-0.39, 0.29) is 11.7 Å². The third-order valence-electron chi connectivity index (χ3n) is 2.91. The van der Waals surface area contributed by atoms with Crippen molar-refractivity contribution in [3.8, 4) is 5.75 Å². The zero-order chi connectivity index (χ0) is 15.5. The van der Waals surface area contributed by atoms with E-state index < -0.39 is 0 Å². The molecule has 1 aliphatic heterocycles. The summed E-state index contributed by atoms with van der Waals surface area (Å²) in [5, 5.41) is 13.1. The number of carbonyl (C=O) groups excluding carboxylic acids is 1. The number of phenols is 1. The largest absolute Gasteiger partial charge is 0.507 e. The van der Waals surface area contributed by atoms with Gasteiger partial charge in [-0.25, -0.2) is 4.99 Å². The number of phenolic OH excluding ortho intramolecular Hbond substituents is 1. The highest BCUT2D eigenvalue weighted by atomic mass is 79.9. The van der Waals surface area contributed by atoms with Gasteiger partial charge in [0.25, 0.3) is 5.91 Å². The van der Waals surface area contributed by atoms with Crippen molar-refractivity contribution < 1.29 is 9.90 Å². The third-order valence-corrected chi connectivity index (χ3v) is 4.32. The van der Waals surface area contributed by atoms with E-state index in [1.54, 1.807) is 24.3 Å². The molecule has 0 aliphatic carbocycles. The number of carbonyl (C=O) groups is 1. The Balaban J connectivity index is 1.87. The molecule has 0 saturated carbocycles. The molecule has 0 spiro atoms. The standard InChI is InChI=1S/C16H11BrN2O2S/c17-11-6-7-13(20)10(8-11)9-14-15(21)19-16(22-14)18-12-4-2-1-3-5-12/h1-9,20H,(H,18,19,21)/b14-9-. The number of amides is 1. The molecular weight excluding hydrogens is 364 g/mol. The van der Waals surface area contributed by atoms with Gasteiger partial charge in [-0.15, -0.1) is 0 Å². The highest BCUT2D eigenvalue weighted by Crippen LogP contribution is 2.31. The van der Waals surface area contributed by atoms with E-state index in [0.29, 0.717) is 15.6 Å². The van der Waals surface area contributed by atoms with Gasteiger partial charge >= 0.3 is 0 Å². The van der Waals surface area contributed by atoms with Crippen molar-refractivity contribution in [2.75, 3.05) is 0 Å². The van der Waals surface area contributed by atoms with Crippen LogP contribution in [0.1, 0.15) is 5.56 Å². The maximum Gasteiger partial charge on any atom is 0.264 e. The monoisotopic (exact) mass is 374 g/mol. The van der Waals surface area contributed by atoms with Crippen LogP contribution in [-0.2, 0) is 4.79 Å². The zero-order valence-corrected chi connectivity index (χ0v) is 13.7. The van der Waals surface area contributed by atoms with Crippen LogP contribution < -0.4 is 5.32 Å². The van der Waals surface area contributed by atoms with Gasteiger partial charge in [-0.2, -0.15) is 0 Å². The molecule has 4 nitrogen and oxygen atoms in total. The highest BCUT2D eigenvalue weighted by Gasteiger charge is 2.24. The van der Waals surface area contributed by atoms with Crippen LogP contribution in [0.2, 0.25) is 0 Å². The van der Waals surface area contributed by atoms with Gasteiger partial charge in [0.1, 0.15) is 5.75 Å². The first-order valence-corrected chi connectivity index (χ1v) is 8.06. The molecule has 110 valence electrons. The molecule has 2 aromatic carbocycles. The molecule has 2 N–H and O–H groups in total. The molecule has 1 fully saturated rings. The first-order valence-electron chi connectivity index (χ1n) is 6.45. The molecule has 0 unspecified atom stereocenters. The Morgan fingerprint density at radius 1 is 1.18 bits per heavy atom. The fourth-order valence-corrected chi connectivity index (χ4v) is 3.09. The molecule has 1 aliphatic rings. The smallest absolute Gasteiger partial charge is 0.264 e. The molecule has 3 rings (SSSR count). The number of nitrogens with one attached hydrogen (secondary N) is 1. The number of nitrogens with zero attached hydrogens (tertiary/aromatic N) is 1. The summed E-state index contributed by atoms with van der Waals surface area (Å²) in [6.07, 6.45) is 1.65. The second-order valence-electron chi connectivity index (χ2n) is 4.52. The van der Waals surface area contributed by atoms with Gasteiger partial charge in [-0.05, 0) is 48.2 Å². The van der Waals surface area contributed by atoms with Crippen molar-refractivity contribution in [1.29, 1.82) is 0 Å². The van der Waals surface area contributed by atoms with Gasteiger partial charge in [0, 0.05) is 10.0 Å². The number of amidine groups is 1. The molecule has 6 heteroatoms. The lowest BCUT2D eigenvalue weighted by molar-refractivity contribution is -0.115. The van der Waals surface area contributed by atoms with Crippen LogP contribution in [0.5, 0.6) is 5.75 Å². The van der Waals surface area contributed by atoms with Crippen molar-refractivity contribution in [3.63, 3.8) is 0 Å². The SMILES string of the molecule is O=C1NC(=Nc2ccccc2)S/C1=C\c1cc(Br)ccc1O. The first kappa shape index (κ1) is 14.9. The molecule has 2 aromatic rings. The van der Waals surface area contributed by atoms with E-state index >= 15 is 0 Å². The normalized spacial score (nSPS) is 18.0. The minimum absolute atomic E-state index is 0.123. The summed E-state index contributed by atoms with van der Waals surface area (Å²) < 4.78 is 0.832. The van der Waals surface area contributed by atoms with Crippen LogP contribution in [0.4, 0.5) is 5.69 Å². The van der Waals surface area contributed by atoms with Crippen molar-refractivity contribution in [2.24, 2.45) is 4.99 Å². The Hall–Kier alpha value is -2.05. The molecule has 1 heterocycles. The Bertz CT molecular complexity index is 788. The number of halogens is 1. The number of rotatable bonds is 2. The fraction of sp³-hybridized carbons (Fsp3) is 0. The fourth-order valence-electron chi connectivity index (χ4n) is 1.88. The van der Waals surface area contributed by atoms with E-state index in [1.165, 1.54) is 11.8 Å². The Kier molecular flexibility index (Phi) is 4.31. The van der Waals surface area contributed by atoms with Crippen molar-refractivity contribution in [3.05, 3.63) is 63.5 Å². The molecule has 1 saturated heterocycles. The lowest BCUT2D eigenvalue weighted by Gasteiger charge is -2.00. The molecule has 0 bridgehead atoms. The van der Waals surface area contributed by atoms with Gasteiger partial charge in [0.2, 0.25) is 0 Å². The van der Waals surface area contributed by atoms with Gasteiger partial charge in [0.15, 0.2) is 5.17 Å². The van der Waals surface area contributed by atoms with E-state index in [0.717, 1.165) is 10.2 Å². The molecule has 1 amide bonds. The number of hydrogen-bond donors (Lipinski definition) is 2. The quantitative estimate of drug-likeness (QED) is 0.779. The number of para-hydroxylation sites is 1. The average Bonchev–Trinajstić information content (AvgIpc) is 2.84. The average molecular weight is 375 g/mol. The van der Waals surface area contributed by atoms with Crippen LogP contribution >= 0.6 is 27.7 Å². The van der Waals surface area contributed by atoms with Crippen molar-refractivity contribution >= 4 is 50.5 Å². The van der Waals surface area contributed by atoms with E-state index in [9.17, 15) is 9.90 Å². The van der Waals surface area contributed by atoms with Gasteiger partial charge in [-0.3, -0.25) is 4.79 Å². The first-order chi connectivity index (χ1) is 10.6. The predicted molar refractivity (Wildman–Crippen MR) is 93.1 cm³/mol. The van der Waals surface area contributed by atoms with E-state index in [4.69, 9.17) is 0 Å².